The average molecular weight is 422 g/mol. The number of dihydropyridines is 1. The van der Waals surface area contributed by atoms with E-state index in [4.69, 9.17) is 9.47 Å². The Morgan fingerprint density at radius 1 is 1.39 bits per heavy atom. The molecule has 28 heavy (non-hydrogen) atoms. The van der Waals surface area contributed by atoms with Crippen molar-refractivity contribution in [2.24, 2.45) is 0 Å². The van der Waals surface area contributed by atoms with Gasteiger partial charge in [0.2, 0.25) is 0 Å². The number of rotatable bonds is 2. The predicted molar refractivity (Wildman–Crippen MR) is 114 cm³/mol. The van der Waals surface area contributed by atoms with Crippen molar-refractivity contribution >= 4 is 29.9 Å². The van der Waals surface area contributed by atoms with E-state index in [-0.39, 0.29) is 0 Å². The Balaban J connectivity index is 0.000000397. The summed E-state index contributed by atoms with van der Waals surface area (Å²) in [5, 5.41) is 18.0. The second-order valence-electron chi connectivity index (χ2n) is 7.35. The molecule has 1 atom stereocenters. The lowest BCUT2D eigenvalue weighted by molar-refractivity contribution is -0.150. The summed E-state index contributed by atoms with van der Waals surface area (Å²) in [6.45, 7) is 11.1. The van der Waals surface area contributed by atoms with Crippen LogP contribution in [0.5, 0.6) is 0 Å². The van der Waals surface area contributed by atoms with E-state index >= 15 is 0 Å². The molecule has 6 nitrogen and oxygen atoms in total. The zero-order valence-corrected chi connectivity index (χ0v) is 18.4. The number of carbonyl (C=O) groups is 1. The second-order valence-corrected chi connectivity index (χ2v) is 8.78. The Kier molecular flexibility index (Phi) is 8.13. The summed E-state index contributed by atoms with van der Waals surface area (Å²) in [4.78, 5) is 13.5. The van der Waals surface area contributed by atoms with Gasteiger partial charge in [-0.05, 0) is 39.1 Å². The van der Waals surface area contributed by atoms with Gasteiger partial charge in [-0.15, -0.1) is 24.0 Å². The molecule has 0 saturated carbocycles. The Bertz CT molecular complexity index is 771. The highest BCUT2D eigenvalue weighted by Crippen LogP contribution is 2.41. The van der Waals surface area contributed by atoms with Crippen LogP contribution >= 0.6 is 24.0 Å². The van der Waals surface area contributed by atoms with Gasteiger partial charge in [-0.25, -0.2) is 4.79 Å². The van der Waals surface area contributed by atoms with Gasteiger partial charge in [0, 0.05) is 23.7 Å². The number of nitrogens with one attached hydrogen (secondary N) is 2. The van der Waals surface area contributed by atoms with Crippen LogP contribution in [0.3, 0.4) is 0 Å². The minimum absolute atomic E-state index is 0.413. The third-order valence-corrected chi connectivity index (χ3v) is 5.25. The number of thiol groups is 1. The molecule has 2 aliphatic rings. The van der Waals surface area contributed by atoms with Gasteiger partial charge < -0.3 is 20.1 Å². The van der Waals surface area contributed by atoms with E-state index in [0.29, 0.717) is 21.9 Å². The van der Waals surface area contributed by atoms with Crippen molar-refractivity contribution in [2.45, 2.75) is 39.2 Å². The molecule has 3 rings (SSSR count). The number of thiophene rings is 1. The lowest BCUT2D eigenvalue weighted by Crippen LogP contribution is -2.32. The van der Waals surface area contributed by atoms with Gasteiger partial charge in [-0.2, -0.15) is 5.26 Å². The molecule has 1 saturated heterocycles. The number of carbonyl (C=O) groups excluding carboxylic acids is 1. The van der Waals surface area contributed by atoms with Crippen LogP contribution in [0.25, 0.3) is 0 Å². The molecule has 0 amide bonds. The Labute approximate surface area is 176 Å². The molecule has 0 aromatic carbocycles. The number of hydrogen-bond donors (Lipinski definition) is 3. The molecule has 3 heterocycles. The van der Waals surface area contributed by atoms with Crippen molar-refractivity contribution in [3.63, 3.8) is 0 Å². The molecule has 2 aliphatic heterocycles. The number of allylic oxidation sites excluding steroid dienone is 2. The first kappa shape index (κ1) is 22.5. The summed E-state index contributed by atoms with van der Waals surface area (Å²) >= 11 is 5.85. The molecule has 8 heteroatoms. The molecular weight excluding hydrogens is 394 g/mol. The van der Waals surface area contributed by atoms with E-state index in [2.05, 4.69) is 29.3 Å². The van der Waals surface area contributed by atoms with E-state index in [1.165, 1.54) is 11.3 Å². The average Bonchev–Trinajstić information content (AvgIpc) is 3.16. The van der Waals surface area contributed by atoms with Crippen molar-refractivity contribution in [2.75, 3.05) is 26.3 Å². The number of nitriles is 1. The Hall–Kier alpha value is -1.79. The number of hydrogen-bond acceptors (Lipinski definition) is 8. The van der Waals surface area contributed by atoms with Crippen molar-refractivity contribution < 1.29 is 14.3 Å². The molecule has 1 aromatic heterocycles. The van der Waals surface area contributed by atoms with Crippen LogP contribution in [-0.2, 0) is 14.3 Å². The zero-order valence-electron chi connectivity index (χ0n) is 16.7. The maximum atomic E-state index is 12.6. The Morgan fingerprint density at radius 3 is 2.50 bits per heavy atom. The fourth-order valence-corrected chi connectivity index (χ4v) is 3.98. The fourth-order valence-electron chi connectivity index (χ4n) is 2.79. The van der Waals surface area contributed by atoms with Crippen LogP contribution < -0.4 is 10.6 Å². The van der Waals surface area contributed by atoms with Gasteiger partial charge in [-0.3, -0.25) is 0 Å². The summed E-state index contributed by atoms with van der Waals surface area (Å²) in [7, 11) is 0. The summed E-state index contributed by atoms with van der Waals surface area (Å²) in [6.07, 6.45) is 0. The monoisotopic (exact) mass is 421 g/mol. The van der Waals surface area contributed by atoms with Crippen molar-refractivity contribution in [3.05, 3.63) is 44.3 Å². The standard InChI is InChI=1S/C16H18N2O2S2.C4H9NO/c1-9-12(15(19)20-16(2,3)4)13(11-6-5-7-22-11)10(8-17)14(21)18-9;1-3-6-4-2-5-1/h5-7,13,18,21H,1-4H3;5H,1-4H2. The molecular formula is C20H27N3O3S2. The lowest BCUT2D eigenvalue weighted by atomic mass is 9.87. The van der Waals surface area contributed by atoms with Crippen LogP contribution in [-0.4, -0.2) is 37.9 Å². The smallest absolute Gasteiger partial charge is 0.337 e. The highest BCUT2D eigenvalue weighted by Gasteiger charge is 2.36. The van der Waals surface area contributed by atoms with E-state index in [1.807, 2.05) is 38.3 Å². The molecule has 1 fully saturated rings. The largest absolute Gasteiger partial charge is 0.457 e. The van der Waals surface area contributed by atoms with Gasteiger partial charge in [0.1, 0.15) is 5.60 Å². The van der Waals surface area contributed by atoms with E-state index in [0.717, 1.165) is 31.2 Å². The molecule has 0 aliphatic carbocycles. The minimum atomic E-state index is -0.595. The predicted octanol–water partition coefficient (Wildman–Crippen LogP) is 3.32. The van der Waals surface area contributed by atoms with Crippen LogP contribution in [0.4, 0.5) is 0 Å². The lowest BCUT2D eigenvalue weighted by Gasteiger charge is -2.29. The summed E-state index contributed by atoms with van der Waals surface area (Å²) < 4.78 is 10.5. The number of esters is 1. The maximum Gasteiger partial charge on any atom is 0.337 e. The van der Waals surface area contributed by atoms with Crippen molar-refractivity contribution in [3.8, 4) is 6.07 Å². The fraction of sp³-hybridized carbons (Fsp3) is 0.500. The van der Waals surface area contributed by atoms with Gasteiger partial charge in [0.25, 0.3) is 0 Å². The highest BCUT2D eigenvalue weighted by atomic mass is 32.1. The SMILES string of the molecule is C1COCCN1.CC1=C(C(=O)OC(C)(C)C)C(c2cccs2)C(C#N)=C(S)N1. The van der Waals surface area contributed by atoms with Gasteiger partial charge in [0.05, 0.1) is 41.4 Å². The number of morpholine rings is 1. The van der Waals surface area contributed by atoms with Crippen molar-refractivity contribution in [1.82, 2.24) is 10.6 Å². The van der Waals surface area contributed by atoms with Gasteiger partial charge >= 0.3 is 5.97 Å². The van der Waals surface area contributed by atoms with E-state index < -0.39 is 17.5 Å². The first-order valence-electron chi connectivity index (χ1n) is 9.11. The second kappa shape index (κ2) is 10.1. The molecule has 0 spiro atoms. The number of nitrogens with zero attached hydrogens (tertiary/aromatic N) is 1. The zero-order chi connectivity index (χ0) is 20.7. The normalized spacial score (nSPS) is 19.9. The van der Waals surface area contributed by atoms with Crippen molar-refractivity contribution in [1.29, 1.82) is 5.26 Å². The molecule has 2 N–H and O–H groups in total. The van der Waals surface area contributed by atoms with Crippen LogP contribution in [0.15, 0.2) is 39.4 Å². The molecule has 1 aromatic rings. The topological polar surface area (TPSA) is 83.4 Å². The van der Waals surface area contributed by atoms with Gasteiger partial charge in [-0.1, -0.05) is 6.07 Å². The molecule has 1 unspecified atom stereocenters. The molecule has 0 radical (unpaired) electrons. The van der Waals surface area contributed by atoms with E-state index in [9.17, 15) is 10.1 Å². The van der Waals surface area contributed by atoms with Crippen LogP contribution in [0.1, 0.15) is 38.5 Å². The summed E-state index contributed by atoms with van der Waals surface area (Å²) in [5.74, 6) is -0.849. The summed E-state index contributed by atoms with van der Waals surface area (Å²) in [6, 6.07) is 5.98. The molecule has 0 bridgehead atoms. The Morgan fingerprint density at radius 2 is 2.07 bits per heavy atom. The van der Waals surface area contributed by atoms with Crippen LogP contribution in [0.2, 0.25) is 0 Å². The summed E-state index contributed by atoms with van der Waals surface area (Å²) in [5.41, 5.74) is 0.961. The van der Waals surface area contributed by atoms with Crippen LogP contribution in [0, 0.1) is 11.3 Å². The third-order valence-electron chi connectivity index (χ3n) is 3.96. The van der Waals surface area contributed by atoms with E-state index in [1.54, 1.807) is 6.92 Å². The highest BCUT2D eigenvalue weighted by molar-refractivity contribution is 7.84. The third kappa shape index (κ3) is 6.11. The maximum absolute atomic E-state index is 12.6. The first-order valence-corrected chi connectivity index (χ1v) is 10.4. The van der Waals surface area contributed by atoms with Gasteiger partial charge in [0.15, 0.2) is 0 Å². The quantitative estimate of drug-likeness (QED) is 0.502. The number of ether oxygens (including phenoxy) is 2. The minimum Gasteiger partial charge on any atom is -0.457 e. The first-order chi connectivity index (χ1) is 13.2. The molecule has 152 valence electrons.